The fourth-order valence-electron chi connectivity index (χ4n) is 2.11. The summed E-state index contributed by atoms with van der Waals surface area (Å²) in [6, 6.07) is 3.82. The molecule has 7 heteroatoms. The van der Waals surface area contributed by atoms with Gasteiger partial charge in [0.15, 0.2) is 5.82 Å². The van der Waals surface area contributed by atoms with E-state index in [0.717, 1.165) is 19.1 Å². The van der Waals surface area contributed by atoms with Crippen molar-refractivity contribution >= 4 is 21.7 Å². The maximum atomic E-state index is 11.0. The van der Waals surface area contributed by atoms with Crippen molar-refractivity contribution in [1.82, 2.24) is 10.2 Å². The summed E-state index contributed by atoms with van der Waals surface area (Å²) in [6.45, 7) is 0. The van der Waals surface area contributed by atoms with E-state index in [1.54, 1.807) is 12.1 Å². The Morgan fingerprint density at radius 2 is 1.72 bits per heavy atom. The van der Waals surface area contributed by atoms with E-state index in [0.29, 0.717) is 11.9 Å². The molecular formula is C11H18N4O2S. The third kappa shape index (κ3) is 4.14. The Morgan fingerprint density at radius 1 is 1.11 bits per heavy atom. The van der Waals surface area contributed by atoms with Crippen LogP contribution in [0.25, 0.3) is 0 Å². The van der Waals surface area contributed by atoms with Crippen molar-refractivity contribution in [2.75, 3.05) is 16.3 Å². The van der Waals surface area contributed by atoms with E-state index < -0.39 is 10.0 Å². The van der Waals surface area contributed by atoms with Gasteiger partial charge < -0.3 is 5.32 Å². The smallest absolute Gasteiger partial charge is 0.231 e. The highest BCUT2D eigenvalue weighted by molar-refractivity contribution is 7.92. The molecule has 18 heavy (non-hydrogen) atoms. The number of rotatable bonds is 4. The molecule has 0 saturated heterocycles. The molecule has 0 amide bonds. The van der Waals surface area contributed by atoms with Crippen LogP contribution in [-0.4, -0.2) is 30.9 Å². The number of nitrogens with zero attached hydrogens (tertiary/aromatic N) is 2. The van der Waals surface area contributed by atoms with E-state index in [1.165, 1.54) is 19.3 Å². The summed E-state index contributed by atoms with van der Waals surface area (Å²) in [5.41, 5.74) is 0. The monoisotopic (exact) mass is 270 g/mol. The molecule has 2 rings (SSSR count). The Kier molecular flexibility index (Phi) is 4.00. The molecule has 0 aliphatic heterocycles. The number of hydrogen-bond acceptors (Lipinski definition) is 5. The Morgan fingerprint density at radius 3 is 2.28 bits per heavy atom. The molecule has 0 bridgehead atoms. The summed E-state index contributed by atoms with van der Waals surface area (Å²) in [6.07, 6.45) is 7.21. The van der Waals surface area contributed by atoms with Crippen molar-refractivity contribution < 1.29 is 8.42 Å². The van der Waals surface area contributed by atoms with Crippen LogP contribution in [0.3, 0.4) is 0 Å². The van der Waals surface area contributed by atoms with Crippen LogP contribution in [0.4, 0.5) is 11.6 Å². The first-order valence-electron chi connectivity index (χ1n) is 6.11. The van der Waals surface area contributed by atoms with Gasteiger partial charge in [0.2, 0.25) is 10.0 Å². The zero-order valence-corrected chi connectivity index (χ0v) is 11.2. The predicted octanol–water partition coefficient (Wildman–Crippen LogP) is 1.59. The van der Waals surface area contributed by atoms with Crippen LogP contribution in [-0.2, 0) is 10.0 Å². The Bertz CT molecular complexity index is 480. The molecule has 1 aliphatic rings. The third-order valence-electron chi connectivity index (χ3n) is 2.91. The molecule has 0 atom stereocenters. The van der Waals surface area contributed by atoms with Gasteiger partial charge in [-0.15, -0.1) is 10.2 Å². The van der Waals surface area contributed by atoms with E-state index in [9.17, 15) is 8.42 Å². The number of sulfonamides is 1. The SMILES string of the molecule is CS(=O)(=O)Nc1ccc(NC2CCCCC2)nn1. The highest BCUT2D eigenvalue weighted by atomic mass is 32.2. The van der Waals surface area contributed by atoms with Crippen LogP contribution < -0.4 is 10.0 Å². The number of anilines is 2. The summed E-state index contributed by atoms with van der Waals surface area (Å²) in [7, 11) is -3.29. The van der Waals surface area contributed by atoms with Gasteiger partial charge in [0, 0.05) is 6.04 Å². The van der Waals surface area contributed by atoms with Crippen LogP contribution in [0.2, 0.25) is 0 Å². The summed E-state index contributed by atoms with van der Waals surface area (Å²) in [5.74, 6) is 0.938. The molecule has 1 aromatic rings. The molecule has 0 unspecified atom stereocenters. The van der Waals surface area contributed by atoms with Gasteiger partial charge >= 0.3 is 0 Å². The zero-order valence-electron chi connectivity index (χ0n) is 10.4. The van der Waals surface area contributed by atoms with Gasteiger partial charge in [-0.3, -0.25) is 4.72 Å². The number of hydrogen-bond donors (Lipinski definition) is 2. The van der Waals surface area contributed by atoms with E-state index >= 15 is 0 Å². The first kappa shape index (κ1) is 13.1. The predicted molar refractivity (Wildman–Crippen MR) is 71.0 cm³/mol. The van der Waals surface area contributed by atoms with Crippen molar-refractivity contribution in [1.29, 1.82) is 0 Å². The molecule has 1 fully saturated rings. The molecule has 1 heterocycles. The van der Waals surface area contributed by atoms with Gasteiger partial charge in [-0.1, -0.05) is 19.3 Å². The summed E-state index contributed by atoms with van der Waals surface area (Å²) >= 11 is 0. The molecule has 0 radical (unpaired) electrons. The summed E-state index contributed by atoms with van der Waals surface area (Å²) in [5, 5.41) is 11.1. The van der Waals surface area contributed by atoms with Crippen LogP contribution in [0.1, 0.15) is 32.1 Å². The molecule has 100 valence electrons. The topological polar surface area (TPSA) is 84.0 Å². The highest BCUT2D eigenvalue weighted by Crippen LogP contribution is 2.20. The maximum Gasteiger partial charge on any atom is 0.231 e. The standard InChI is InChI=1S/C11H18N4O2S/c1-18(16,17)15-11-8-7-10(13-14-11)12-9-5-3-2-4-6-9/h7-9H,2-6H2,1H3,(H,12,13)(H,14,15). The fraction of sp³-hybridized carbons (Fsp3) is 0.636. The van der Waals surface area contributed by atoms with Crippen molar-refractivity contribution in [3.8, 4) is 0 Å². The normalized spacial score (nSPS) is 17.4. The van der Waals surface area contributed by atoms with E-state index in [-0.39, 0.29) is 5.82 Å². The van der Waals surface area contributed by atoms with Crippen LogP contribution in [0.15, 0.2) is 12.1 Å². The lowest BCUT2D eigenvalue weighted by molar-refractivity contribution is 0.461. The fourth-order valence-corrected chi connectivity index (χ4v) is 2.60. The summed E-state index contributed by atoms with van der Waals surface area (Å²) in [4.78, 5) is 0. The number of aromatic nitrogens is 2. The Labute approximate surface area is 107 Å². The molecule has 1 aromatic heterocycles. The molecule has 1 saturated carbocycles. The lowest BCUT2D eigenvalue weighted by Gasteiger charge is -2.22. The van der Waals surface area contributed by atoms with E-state index in [1.807, 2.05) is 0 Å². The van der Waals surface area contributed by atoms with E-state index in [2.05, 4.69) is 20.2 Å². The second-order valence-corrected chi connectivity index (χ2v) is 6.41. The van der Waals surface area contributed by atoms with Crippen LogP contribution >= 0.6 is 0 Å². The summed E-state index contributed by atoms with van der Waals surface area (Å²) < 4.78 is 24.3. The van der Waals surface area contributed by atoms with Crippen LogP contribution in [0, 0.1) is 0 Å². The van der Waals surface area contributed by atoms with Gasteiger partial charge in [-0.05, 0) is 25.0 Å². The van der Waals surface area contributed by atoms with E-state index in [4.69, 9.17) is 0 Å². The first-order chi connectivity index (χ1) is 8.53. The number of nitrogens with one attached hydrogen (secondary N) is 2. The highest BCUT2D eigenvalue weighted by Gasteiger charge is 2.13. The third-order valence-corrected chi connectivity index (χ3v) is 3.49. The molecule has 0 aromatic carbocycles. The minimum absolute atomic E-state index is 0.242. The van der Waals surface area contributed by atoms with Gasteiger partial charge in [0.1, 0.15) is 5.82 Å². The van der Waals surface area contributed by atoms with Crippen molar-refractivity contribution in [3.05, 3.63) is 12.1 Å². The molecule has 2 N–H and O–H groups in total. The van der Waals surface area contributed by atoms with Gasteiger partial charge in [0.05, 0.1) is 6.26 Å². The largest absolute Gasteiger partial charge is 0.366 e. The molecule has 1 aliphatic carbocycles. The van der Waals surface area contributed by atoms with Crippen LogP contribution in [0.5, 0.6) is 0 Å². The minimum atomic E-state index is -3.29. The average Bonchev–Trinajstić information content (AvgIpc) is 2.31. The minimum Gasteiger partial charge on any atom is -0.366 e. The molecule has 6 nitrogen and oxygen atoms in total. The van der Waals surface area contributed by atoms with Gasteiger partial charge in [-0.25, -0.2) is 8.42 Å². The second-order valence-electron chi connectivity index (χ2n) is 4.66. The average molecular weight is 270 g/mol. The molecular weight excluding hydrogens is 252 g/mol. The Balaban J connectivity index is 1.94. The Hall–Kier alpha value is -1.37. The first-order valence-corrected chi connectivity index (χ1v) is 8.00. The van der Waals surface area contributed by atoms with Gasteiger partial charge in [0.25, 0.3) is 0 Å². The van der Waals surface area contributed by atoms with Crippen molar-refractivity contribution in [2.45, 2.75) is 38.1 Å². The lowest BCUT2D eigenvalue weighted by atomic mass is 9.95. The molecule has 0 spiro atoms. The lowest BCUT2D eigenvalue weighted by Crippen LogP contribution is -2.23. The van der Waals surface area contributed by atoms with Crippen molar-refractivity contribution in [2.24, 2.45) is 0 Å². The second kappa shape index (κ2) is 5.51. The van der Waals surface area contributed by atoms with Gasteiger partial charge in [-0.2, -0.15) is 0 Å². The maximum absolute atomic E-state index is 11.0. The quantitative estimate of drug-likeness (QED) is 0.868. The zero-order chi connectivity index (χ0) is 13.0. The van der Waals surface area contributed by atoms with Crippen molar-refractivity contribution in [3.63, 3.8) is 0 Å².